The van der Waals surface area contributed by atoms with Gasteiger partial charge in [0.2, 0.25) is 0 Å². The highest BCUT2D eigenvalue weighted by Crippen LogP contribution is 2.31. The molecule has 0 saturated carbocycles. The third kappa shape index (κ3) is 5.55. The van der Waals surface area contributed by atoms with E-state index in [0.717, 1.165) is 22.0 Å². The van der Waals surface area contributed by atoms with E-state index in [1.807, 2.05) is 72.8 Å². The van der Waals surface area contributed by atoms with E-state index < -0.39 is 5.97 Å². The van der Waals surface area contributed by atoms with Gasteiger partial charge in [-0.3, -0.25) is 4.79 Å². The second kappa shape index (κ2) is 11.3. The fourth-order valence-corrected chi connectivity index (χ4v) is 4.70. The molecule has 1 amide bonds. The van der Waals surface area contributed by atoms with Crippen molar-refractivity contribution in [2.75, 3.05) is 18.2 Å². The number of nitrogens with zero attached hydrogens (tertiary/aromatic N) is 2. The fourth-order valence-electron chi connectivity index (χ4n) is 4.70. The Morgan fingerprint density at radius 1 is 0.786 bits per heavy atom. The Bertz CT molecular complexity index is 1930. The van der Waals surface area contributed by atoms with E-state index in [0.29, 0.717) is 39.7 Å². The summed E-state index contributed by atoms with van der Waals surface area (Å²) >= 11 is 0. The second-order valence-electron chi connectivity index (χ2n) is 9.60. The number of esters is 1. The molecular formula is C34H26N4O4. The van der Waals surface area contributed by atoms with E-state index >= 15 is 0 Å². The predicted octanol–water partition coefficient (Wildman–Crippen LogP) is 7.11. The van der Waals surface area contributed by atoms with Gasteiger partial charge < -0.3 is 20.5 Å². The number of aromatic nitrogens is 2. The van der Waals surface area contributed by atoms with Crippen molar-refractivity contribution in [2.24, 2.45) is 0 Å². The highest BCUT2D eigenvalue weighted by Gasteiger charge is 2.20. The molecule has 5 aromatic carbocycles. The molecule has 1 heterocycles. The maximum atomic E-state index is 13.8. The van der Waals surface area contributed by atoms with Crippen molar-refractivity contribution >= 4 is 34.0 Å². The standard InChI is InChI=1S/C34H26N4O4/c1-41-34(40)25-10-7-13-29(17-25)42-30-19-26(35)18-27(20-30)36-33(39)31-21-38(28-11-3-2-4-12-28)37-32(31)24-15-14-22-8-5-6-9-23(22)16-24/h2-21H,35H2,1H3,(H,36,39). The SMILES string of the molecule is COC(=O)c1cccc(Oc2cc(N)cc(NC(=O)c3cn(-c4ccccc4)nc3-c3ccc4ccccc4c3)c2)c1. The molecular weight excluding hydrogens is 528 g/mol. The lowest BCUT2D eigenvalue weighted by Gasteiger charge is -2.11. The van der Waals surface area contributed by atoms with Crippen LogP contribution in [-0.2, 0) is 4.74 Å². The Kier molecular flexibility index (Phi) is 7.09. The lowest BCUT2D eigenvalue weighted by Crippen LogP contribution is -2.12. The highest BCUT2D eigenvalue weighted by atomic mass is 16.5. The molecule has 0 spiro atoms. The molecule has 42 heavy (non-hydrogen) atoms. The minimum absolute atomic E-state index is 0.351. The van der Waals surface area contributed by atoms with Crippen molar-refractivity contribution < 1.29 is 19.1 Å². The molecule has 206 valence electrons. The maximum Gasteiger partial charge on any atom is 0.337 e. The predicted molar refractivity (Wildman–Crippen MR) is 163 cm³/mol. The number of rotatable bonds is 7. The number of para-hydroxylation sites is 1. The number of benzene rings is 5. The van der Waals surface area contributed by atoms with Crippen LogP contribution in [0.5, 0.6) is 11.5 Å². The molecule has 6 rings (SSSR count). The summed E-state index contributed by atoms with van der Waals surface area (Å²) in [6, 6.07) is 35.2. The molecule has 0 bridgehead atoms. The Labute approximate surface area is 241 Å². The van der Waals surface area contributed by atoms with E-state index in [-0.39, 0.29) is 5.91 Å². The van der Waals surface area contributed by atoms with Crippen LogP contribution in [0, 0.1) is 0 Å². The number of carbonyl (C=O) groups excluding carboxylic acids is 2. The summed E-state index contributed by atoms with van der Waals surface area (Å²) in [7, 11) is 1.32. The molecule has 0 atom stereocenters. The van der Waals surface area contributed by atoms with Crippen molar-refractivity contribution in [2.45, 2.75) is 0 Å². The van der Waals surface area contributed by atoms with Crippen LogP contribution < -0.4 is 15.8 Å². The van der Waals surface area contributed by atoms with E-state index in [4.69, 9.17) is 20.3 Å². The number of nitrogens with two attached hydrogens (primary N) is 1. The second-order valence-corrected chi connectivity index (χ2v) is 9.60. The first-order valence-electron chi connectivity index (χ1n) is 13.2. The van der Waals surface area contributed by atoms with E-state index in [1.54, 1.807) is 53.3 Å². The summed E-state index contributed by atoms with van der Waals surface area (Å²) in [5, 5.41) is 9.90. The molecule has 3 N–H and O–H groups in total. The van der Waals surface area contributed by atoms with Crippen molar-refractivity contribution in [1.29, 1.82) is 0 Å². The average molecular weight is 555 g/mol. The normalized spacial score (nSPS) is 10.8. The molecule has 0 radical (unpaired) electrons. The van der Waals surface area contributed by atoms with E-state index in [2.05, 4.69) is 5.32 Å². The summed E-state index contributed by atoms with van der Waals surface area (Å²) in [6.45, 7) is 0. The topological polar surface area (TPSA) is 108 Å². The van der Waals surface area contributed by atoms with Gasteiger partial charge in [0.15, 0.2) is 0 Å². The Hall–Kier alpha value is -5.89. The van der Waals surface area contributed by atoms with Crippen LogP contribution >= 0.6 is 0 Å². The van der Waals surface area contributed by atoms with E-state index in [1.165, 1.54) is 7.11 Å². The number of amides is 1. The zero-order valence-corrected chi connectivity index (χ0v) is 22.7. The van der Waals surface area contributed by atoms with Gasteiger partial charge in [-0.2, -0.15) is 5.10 Å². The van der Waals surface area contributed by atoms with Crippen molar-refractivity contribution in [3.8, 4) is 28.4 Å². The summed E-state index contributed by atoms with van der Waals surface area (Å²) in [5.41, 5.74) is 9.92. The van der Waals surface area contributed by atoms with Crippen molar-refractivity contribution in [3.05, 3.63) is 133 Å². The highest BCUT2D eigenvalue weighted by molar-refractivity contribution is 6.08. The minimum Gasteiger partial charge on any atom is -0.465 e. The fraction of sp³-hybridized carbons (Fsp3) is 0.0294. The van der Waals surface area contributed by atoms with Crippen LogP contribution in [0.15, 0.2) is 121 Å². The van der Waals surface area contributed by atoms with Gasteiger partial charge in [0.1, 0.15) is 17.2 Å². The summed E-state index contributed by atoms with van der Waals surface area (Å²) < 4.78 is 12.4. The number of anilines is 2. The maximum absolute atomic E-state index is 13.8. The lowest BCUT2D eigenvalue weighted by atomic mass is 10.0. The minimum atomic E-state index is -0.473. The first kappa shape index (κ1) is 26.3. The smallest absolute Gasteiger partial charge is 0.337 e. The number of carbonyl (C=O) groups is 2. The third-order valence-corrected chi connectivity index (χ3v) is 6.68. The molecule has 0 aliphatic heterocycles. The van der Waals surface area contributed by atoms with Gasteiger partial charge >= 0.3 is 5.97 Å². The van der Waals surface area contributed by atoms with Gasteiger partial charge in [-0.15, -0.1) is 0 Å². The molecule has 6 aromatic rings. The van der Waals surface area contributed by atoms with Gasteiger partial charge in [-0.1, -0.05) is 60.7 Å². The van der Waals surface area contributed by atoms with Gasteiger partial charge in [-0.05, 0) is 53.2 Å². The van der Waals surface area contributed by atoms with Gasteiger partial charge in [0.25, 0.3) is 5.91 Å². The molecule has 8 heteroatoms. The summed E-state index contributed by atoms with van der Waals surface area (Å²) in [4.78, 5) is 25.7. The number of hydrogen-bond acceptors (Lipinski definition) is 6. The number of hydrogen-bond donors (Lipinski definition) is 2. The monoisotopic (exact) mass is 554 g/mol. The molecule has 0 saturated heterocycles. The van der Waals surface area contributed by atoms with Crippen LogP contribution in [-0.4, -0.2) is 28.8 Å². The van der Waals surface area contributed by atoms with Crippen LogP contribution in [0.2, 0.25) is 0 Å². The van der Waals surface area contributed by atoms with Gasteiger partial charge in [-0.25, -0.2) is 9.48 Å². The molecule has 1 aromatic heterocycles. The zero-order valence-electron chi connectivity index (χ0n) is 22.7. The number of methoxy groups -OCH3 is 1. The Morgan fingerprint density at radius 3 is 2.38 bits per heavy atom. The molecule has 0 aliphatic rings. The molecule has 0 unspecified atom stereocenters. The Balaban J connectivity index is 1.33. The number of ether oxygens (including phenoxy) is 2. The quantitative estimate of drug-likeness (QED) is 0.161. The third-order valence-electron chi connectivity index (χ3n) is 6.68. The van der Waals surface area contributed by atoms with Crippen LogP contribution in [0.1, 0.15) is 20.7 Å². The first-order chi connectivity index (χ1) is 20.5. The van der Waals surface area contributed by atoms with Crippen LogP contribution in [0.25, 0.3) is 27.7 Å². The summed E-state index contributed by atoms with van der Waals surface area (Å²) in [6.07, 6.45) is 1.72. The van der Waals surface area contributed by atoms with E-state index in [9.17, 15) is 9.59 Å². The summed E-state index contributed by atoms with van der Waals surface area (Å²) in [5.74, 6) is -0.0191. The number of nitrogens with one attached hydrogen (secondary N) is 1. The van der Waals surface area contributed by atoms with Crippen molar-refractivity contribution in [3.63, 3.8) is 0 Å². The van der Waals surface area contributed by atoms with Crippen LogP contribution in [0.3, 0.4) is 0 Å². The van der Waals surface area contributed by atoms with Gasteiger partial charge in [0.05, 0.1) is 23.9 Å². The largest absolute Gasteiger partial charge is 0.465 e. The zero-order chi connectivity index (χ0) is 29.1. The van der Waals surface area contributed by atoms with Gasteiger partial charge in [0, 0.05) is 35.3 Å². The average Bonchev–Trinajstić information content (AvgIpc) is 3.47. The molecule has 8 nitrogen and oxygen atoms in total. The van der Waals surface area contributed by atoms with Crippen LogP contribution in [0.4, 0.5) is 11.4 Å². The Morgan fingerprint density at radius 2 is 1.57 bits per heavy atom. The molecule has 0 fully saturated rings. The number of nitrogen functional groups attached to an aromatic ring is 1. The lowest BCUT2D eigenvalue weighted by molar-refractivity contribution is 0.0600. The van der Waals surface area contributed by atoms with Crippen molar-refractivity contribution in [1.82, 2.24) is 9.78 Å². The molecule has 0 aliphatic carbocycles. The first-order valence-corrected chi connectivity index (χ1v) is 13.2. The number of fused-ring (bicyclic) bond motifs is 1.